The minimum Gasteiger partial charge on any atom is -0.391 e. The van der Waals surface area contributed by atoms with Crippen LogP contribution in [0.25, 0.3) is 0 Å². The first kappa shape index (κ1) is 9.28. The van der Waals surface area contributed by atoms with Gasteiger partial charge in [0.15, 0.2) is 0 Å². The Bertz CT molecular complexity index is 114. The van der Waals surface area contributed by atoms with Crippen LogP contribution >= 0.6 is 0 Å². The highest BCUT2D eigenvalue weighted by Gasteiger charge is 1.86. The Morgan fingerprint density at radius 3 is 2.70 bits per heavy atom. The van der Waals surface area contributed by atoms with E-state index < -0.39 is 0 Å². The van der Waals surface area contributed by atoms with Crippen LogP contribution in [0.2, 0.25) is 0 Å². The average molecular weight is 139 g/mol. The molecule has 58 valence electrons. The number of hydrogen-bond acceptors (Lipinski definition) is 1. The summed E-state index contributed by atoms with van der Waals surface area (Å²) in [6.45, 7) is 5.85. The van der Waals surface area contributed by atoms with Gasteiger partial charge in [0, 0.05) is 19.2 Å². The van der Waals surface area contributed by atoms with Gasteiger partial charge in [-0.1, -0.05) is 25.5 Å². The van der Waals surface area contributed by atoms with Crippen LogP contribution in [0.15, 0.2) is 24.4 Å². The Morgan fingerprint density at radius 1 is 1.60 bits per heavy atom. The molecule has 0 saturated heterocycles. The van der Waals surface area contributed by atoms with Crippen molar-refractivity contribution >= 4 is 0 Å². The number of hydrogen-bond donors (Lipinski definition) is 1. The van der Waals surface area contributed by atoms with Crippen LogP contribution in [0.4, 0.5) is 0 Å². The van der Waals surface area contributed by atoms with E-state index in [1.807, 2.05) is 13.1 Å². The van der Waals surface area contributed by atoms with Crippen LogP contribution < -0.4 is 5.32 Å². The van der Waals surface area contributed by atoms with Gasteiger partial charge < -0.3 is 5.32 Å². The molecule has 0 aliphatic rings. The third-order valence-electron chi connectivity index (χ3n) is 1.36. The number of nitrogens with one attached hydrogen (secondary N) is 1. The molecule has 0 aromatic rings. The van der Waals surface area contributed by atoms with Crippen molar-refractivity contribution in [3.8, 4) is 0 Å². The minimum atomic E-state index is 0.955. The average Bonchev–Trinajstić information content (AvgIpc) is 1.98. The van der Waals surface area contributed by atoms with Crippen molar-refractivity contribution in [3.05, 3.63) is 24.4 Å². The zero-order valence-corrected chi connectivity index (χ0v) is 6.98. The van der Waals surface area contributed by atoms with Crippen LogP contribution in [0.5, 0.6) is 0 Å². The normalized spacial score (nSPS) is 11.2. The van der Waals surface area contributed by atoms with Crippen LogP contribution in [0.3, 0.4) is 0 Å². The van der Waals surface area contributed by atoms with Gasteiger partial charge in [0.05, 0.1) is 0 Å². The first-order valence-corrected chi connectivity index (χ1v) is 3.82. The molecule has 1 nitrogen and oxygen atoms in total. The number of unbranched alkanes of at least 4 members (excludes halogenated alkanes) is 1. The fraction of sp³-hybridized carbons (Fsp3) is 0.556. The predicted molar refractivity (Wildman–Crippen MR) is 46.9 cm³/mol. The molecule has 1 N–H and O–H groups in total. The summed E-state index contributed by atoms with van der Waals surface area (Å²) in [4.78, 5) is 0. The Kier molecular flexibility index (Phi) is 5.94. The molecule has 0 radical (unpaired) electrons. The van der Waals surface area contributed by atoms with Gasteiger partial charge in [0.1, 0.15) is 0 Å². The van der Waals surface area contributed by atoms with E-state index in [0.717, 1.165) is 12.8 Å². The maximum Gasteiger partial charge on any atom is 0.0102 e. The lowest BCUT2D eigenvalue weighted by Gasteiger charge is -2.01. The summed E-state index contributed by atoms with van der Waals surface area (Å²) in [7, 11) is 1.95. The highest BCUT2D eigenvalue weighted by atomic mass is 14.8. The Balaban J connectivity index is 3.65. The molecule has 10 heavy (non-hydrogen) atoms. The summed E-state index contributed by atoms with van der Waals surface area (Å²) in [5.74, 6) is 0. The lowest BCUT2D eigenvalue weighted by molar-refractivity contribution is 0.883. The lowest BCUT2D eigenvalue weighted by atomic mass is 10.2. The van der Waals surface area contributed by atoms with Gasteiger partial charge in [0.25, 0.3) is 0 Å². The standard InChI is InChI=1S/C9H17N/c1-4-6-8-9(10-3)7-5-2/h5,8,10H,2,4,6-7H2,1,3H3/b9-8+. The van der Waals surface area contributed by atoms with Gasteiger partial charge in [-0.05, 0) is 6.42 Å². The first-order valence-electron chi connectivity index (χ1n) is 3.82. The minimum absolute atomic E-state index is 0.955. The van der Waals surface area contributed by atoms with Gasteiger partial charge in [-0.15, -0.1) is 6.58 Å². The second kappa shape index (κ2) is 6.40. The summed E-state index contributed by atoms with van der Waals surface area (Å²) in [6, 6.07) is 0. The molecule has 0 fully saturated rings. The molecule has 0 aromatic carbocycles. The highest BCUT2D eigenvalue weighted by molar-refractivity contribution is 5.02. The molecule has 0 rings (SSSR count). The molecule has 0 unspecified atom stereocenters. The zero-order chi connectivity index (χ0) is 7.82. The van der Waals surface area contributed by atoms with Gasteiger partial charge in [-0.2, -0.15) is 0 Å². The highest BCUT2D eigenvalue weighted by Crippen LogP contribution is 1.99. The van der Waals surface area contributed by atoms with E-state index in [1.54, 1.807) is 0 Å². The van der Waals surface area contributed by atoms with Crippen molar-refractivity contribution in [2.24, 2.45) is 0 Å². The van der Waals surface area contributed by atoms with Crippen molar-refractivity contribution in [1.82, 2.24) is 5.32 Å². The fourth-order valence-corrected chi connectivity index (χ4v) is 0.762. The quantitative estimate of drug-likeness (QED) is 0.577. The Hall–Kier alpha value is -0.720. The molecule has 0 amide bonds. The maximum absolute atomic E-state index is 3.68. The molecule has 0 saturated carbocycles. The smallest absolute Gasteiger partial charge is 0.0102 e. The zero-order valence-electron chi connectivity index (χ0n) is 6.98. The first-order chi connectivity index (χ1) is 4.85. The van der Waals surface area contributed by atoms with E-state index in [-0.39, 0.29) is 0 Å². The largest absolute Gasteiger partial charge is 0.391 e. The molecule has 0 spiro atoms. The van der Waals surface area contributed by atoms with Crippen molar-refractivity contribution < 1.29 is 0 Å². The van der Waals surface area contributed by atoms with Gasteiger partial charge in [-0.3, -0.25) is 0 Å². The summed E-state index contributed by atoms with van der Waals surface area (Å²) in [6.07, 6.45) is 7.46. The van der Waals surface area contributed by atoms with Gasteiger partial charge >= 0.3 is 0 Å². The summed E-state index contributed by atoms with van der Waals surface area (Å²) in [5.41, 5.74) is 1.27. The van der Waals surface area contributed by atoms with Crippen LogP contribution in [0.1, 0.15) is 26.2 Å². The molecule has 0 atom stereocenters. The molecule has 1 heteroatoms. The third kappa shape index (κ3) is 4.19. The lowest BCUT2D eigenvalue weighted by Crippen LogP contribution is -2.04. The molecule has 0 aliphatic carbocycles. The maximum atomic E-state index is 3.68. The molecule has 0 bridgehead atoms. The Labute approximate surface area is 63.8 Å². The SMILES string of the molecule is C=CC/C(=C\CCC)NC. The van der Waals surface area contributed by atoms with E-state index in [0.29, 0.717) is 0 Å². The molecule has 0 heterocycles. The second-order valence-electron chi connectivity index (χ2n) is 2.26. The van der Waals surface area contributed by atoms with Crippen molar-refractivity contribution in [1.29, 1.82) is 0 Å². The fourth-order valence-electron chi connectivity index (χ4n) is 0.762. The van der Waals surface area contributed by atoms with E-state index in [2.05, 4.69) is 24.9 Å². The van der Waals surface area contributed by atoms with Crippen LogP contribution in [0, 0.1) is 0 Å². The second-order valence-corrected chi connectivity index (χ2v) is 2.26. The predicted octanol–water partition coefficient (Wildman–Crippen LogP) is 2.47. The van der Waals surface area contributed by atoms with Crippen molar-refractivity contribution in [2.45, 2.75) is 26.2 Å². The Morgan fingerprint density at radius 2 is 2.30 bits per heavy atom. The van der Waals surface area contributed by atoms with Gasteiger partial charge in [0.2, 0.25) is 0 Å². The van der Waals surface area contributed by atoms with E-state index >= 15 is 0 Å². The van der Waals surface area contributed by atoms with E-state index in [1.165, 1.54) is 12.1 Å². The van der Waals surface area contributed by atoms with E-state index in [9.17, 15) is 0 Å². The third-order valence-corrected chi connectivity index (χ3v) is 1.36. The molecule has 0 aliphatic heterocycles. The summed E-state index contributed by atoms with van der Waals surface area (Å²) in [5, 5.41) is 3.13. The van der Waals surface area contributed by atoms with Crippen molar-refractivity contribution in [3.63, 3.8) is 0 Å². The van der Waals surface area contributed by atoms with Crippen LogP contribution in [-0.2, 0) is 0 Å². The van der Waals surface area contributed by atoms with E-state index in [4.69, 9.17) is 0 Å². The number of allylic oxidation sites excluding steroid dienone is 2. The van der Waals surface area contributed by atoms with Gasteiger partial charge in [-0.25, -0.2) is 0 Å². The molecular formula is C9H17N. The summed E-state index contributed by atoms with van der Waals surface area (Å²) >= 11 is 0. The number of rotatable bonds is 5. The van der Waals surface area contributed by atoms with Crippen molar-refractivity contribution in [2.75, 3.05) is 7.05 Å². The van der Waals surface area contributed by atoms with Crippen LogP contribution in [-0.4, -0.2) is 7.05 Å². The molecular weight excluding hydrogens is 122 g/mol. The molecule has 0 aromatic heterocycles. The topological polar surface area (TPSA) is 12.0 Å². The monoisotopic (exact) mass is 139 g/mol. The summed E-state index contributed by atoms with van der Waals surface area (Å²) < 4.78 is 0.